The molecule has 0 radical (unpaired) electrons. The average molecular weight is 263 g/mol. The van der Waals surface area contributed by atoms with Crippen molar-refractivity contribution < 1.29 is 4.79 Å². The van der Waals surface area contributed by atoms with Crippen LogP contribution in [0.1, 0.15) is 44.6 Å². The molecule has 1 heterocycles. The Bertz CT molecular complexity index is 406. The van der Waals surface area contributed by atoms with Gasteiger partial charge in [0.05, 0.1) is 11.9 Å². The molecule has 19 heavy (non-hydrogen) atoms. The summed E-state index contributed by atoms with van der Waals surface area (Å²) in [5.41, 5.74) is 1.54. The number of carbonyl (C=O) groups excluding carboxylic acids is 1. The van der Waals surface area contributed by atoms with Gasteiger partial charge in [0.25, 0.3) is 5.91 Å². The number of carbonyl (C=O) groups is 1. The van der Waals surface area contributed by atoms with Gasteiger partial charge in [-0.1, -0.05) is 27.7 Å². The standard InChI is InChI=1S/C15H25N3O/c1-6-9-16-12-7-8-13(17-10-12)14(19)18(5)11-15(2,3)4/h7-8,10,16H,6,9,11H2,1-5H3. The Morgan fingerprint density at radius 2 is 2.05 bits per heavy atom. The van der Waals surface area contributed by atoms with Crippen molar-refractivity contribution >= 4 is 11.6 Å². The molecule has 0 spiro atoms. The first-order chi connectivity index (χ1) is 8.83. The highest BCUT2D eigenvalue weighted by molar-refractivity contribution is 5.92. The highest BCUT2D eigenvalue weighted by Crippen LogP contribution is 2.16. The lowest BCUT2D eigenvalue weighted by atomic mass is 9.96. The summed E-state index contributed by atoms with van der Waals surface area (Å²) in [7, 11) is 1.82. The minimum atomic E-state index is -0.0306. The Balaban J connectivity index is 2.67. The SMILES string of the molecule is CCCNc1ccc(C(=O)N(C)CC(C)(C)C)nc1. The van der Waals surface area contributed by atoms with Gasteiger partial charge in [-0.2, -0.15) is 0 Å². The Hall–Kier alpha value is -1.58. The van der Waals surface area contributed by atoms with Crippen LogP contribution in [0.2, 0.25) is 0 Å². The summed E-state index contributed by atoms with van der Waals surface area (Å²) in [6.07, 6.45) is 2.78. The number of pyridine rings is 1. The first-order valence-corrected chi connectivity index (χ1v) is 6.79. The van der Waals surface area contributed by atoms with Crippen molar-refractivity contribution in [1.82, 2.24) is 9.88 Å². The van der Waals surface area contributed by atoms with Gasteiger partial charge in [-0.05, 0) is 24.0 Å². The maximum atomic E-state index is 12.2. The first kappa shape index (κ1) is 15.5. The van der Waals surface area contributed by atoms with Crippen molar-refractivity contribution in [2.75, 3.05) is 25.5 Å². The molecule has 1 rings (SSSR count). The number of nitrogens with zero attached hydrogens (tertiary/aromatic N) is 2. The van der Waals surface area contributed by atoms with Crippen LogP contribution >= 0.6 is 0 Å². The smallest absolute Gasteiger partial charge is 0.272 e. The highest BCUT2D eigenvalue weighted by Gasteiger charge is 2.19. The van der Waals surface area contributed by atoms with Gasteiger partial charge in [0.15, 0.2) is 0 Å². The third-order valence-corrected chi connectivity index (χ3v) is 2.62. The second-order valence-corrected chi connectivity index (χ2v) is 6.08. The van der Waals surface area contributed by atoms with E-state index in [0.717, 1.165) is 18.7 Å². The van der Waals surface area contributed by atoms with E-state index >= 15 is 0 Å². The topological polar surface area (TPSA) is 45.2 Å². The van der Waals surface area contributed by atoms with Gasteiger partial charge in [0.2, 0.25) is 0 Å². The molecule has 4 nitrogen and oxygen atoms in total. The molecule has 0 atom stereocenters. The molecule has 0 aromatic carbocycles. The van der Waals surface area contributed by atoms with Crippen LogP contribution < -0.4 is 5.32 Å². The van der Waals surface area contributed by atoms with E-state index in [4.69, 9.17) is 0 Å². The summed E-state index contributed by atoms with van der Waals surface area (Å²) in [6.45, 7) is 10.1. The summed E-state index contributed by atoms with van der Waals surface area (Å²) in [5.74, 6) is -0.0306. The third-order valence-electron chi connectivity index (χ3n) is 2.62. The van der Waals surface area contributed by atoms with Gasteiger partial charge in [-0.15, -0.1) is 0 Å². The van der Waals surface area contributed by atoms with Crippen LogP contribution in [0.3, 0.4) is 0 Å². The van der Waals surface area contributed by atoms with Crippen molar-refractivity contribution in [1.29, 1.82) is 0 Å². The van der Waals surface area contributed by atoms with Gasteiger partial charge < -0.3 is 10.2 Å². The number of aromatic nitrogens is 1. The molecule has 0 saturated carbocycles. The quantitative estimate of drug-likeness (QED) is 0.888. The van der Waals surface area contributed by atoms with E-state index in [1.54, 1.807) is 17.2 Å². The molecule has 0 aliphatic rings. The van der Waals surface area contributed by atoms with Crippen LogP contribution in [0.15, 0.2) is 18.3 Å². The Morgan fingerprint density at radius 1 is 1.37 bits per heavy atom. The van der Waals surface area contributed by atoms with Gasteiger partial charge in [-0.3, -0.25) is 4.79 Å². The largest absolute Gasteiger partial charge is 0.384 e. The van der Waals surface area contributed by atoms with Crippen LogP contribution in [0.25, 0.3) is 0 Å². The molecular weight excluding hydrogens is 238 g/mol. The lowest BCUT2D eigenvalue weighted by molar-refractivity contribution is 0.0740. The average Bonchev–Trinajstić information content (AvgIpc) is 2.34. The third kappa shape index (κ3) is 5.28. The lowest BCUT2D eigenvalue weighted by Crippen LogP contribution is -2.34. The van der Waals surface area contributed by atoms with E-state index in [1.807, 2.05) is 13.1 Å². The fourth-order valence-corrected chi connectivity index (χ4v) is 1.87. The fourth-order valence-electron chi connectivity index (χ4n) is 1.87. The predicted octanol–water partition coefficient (Wildman–Crippen LogP) is 3.02. The maximum Gasteiger partial charge on any atom is 0.272 e. The minimum Gasteiger partial charge on any atom is -0.384 e. The maximum absolute atomic E-state index is 12.2. The Morgan fingerprint density at radius 3 is 2.53 bits per heavy atom. The summed E-state index contributed by atoms with van der Waals surface area (Å²) >= 11 is 0. The van der Waals surface area contributed by atoms with Crippen molar-refractivity contribution in [2.45, 2.75) is 34.1 Å². The van der Waals surface area contributed by atoms with Gasteiger partial charge in [0.1, 0.15) is 5.69 Å². The highest BCUT2D eigenvalue weighted by atomic mass is 16.2. The first-order valence-electron chi connectivity index (χ1n) is 6.79. The monoisotopic (exact) mass is 263 g/mol. The normalized spacial score (nSPS) is 11.2. The number of rotatable bonds is 5. The lowest BCUT2D eigenvalue weighted by Gasteiger charge is -2.26. The molecule has 0 saturated heterocycles. The number of nitrogens with one attached hydrogen (secondary N) is 1. The molecule has 0 aliphatic carbocycles. The predicted molar refractivity (Wildman–Crippen MR) is 79.4 cm³/mol. The fraction of sp³-hybridized carbons (Fsp3) is 0.600. The van der Waals surface area contributed by atoms with E-state index in [2.05, 4.69) is 38.0 Å². The van der Waals surface area contributed by atoms with Crippen LogP contribution in [0.4, 0.5) is 5.69 Å². The van der Waals surface area contributed by atoms with Gasteiger partial charge in [-0.25, -0.2) is 4.98 Å². The van der Waals surface area contributed by atoms with Crippen molar-refractivity contribution in [3.63, 3.8) is 0 Å². The molecule has 0 fully saturated rings. The van der Waals surface area contributed by atoms with Crippen molar-refractivity contribution in [2.24, 2.45) is 5.41 Å². The number of hydrogen-bond donors (Lipinski definition) is 1. The van der Waals surface area contributed by atoms with Crippen molar-refractivity contribution in [3.05, 3.63) is 24.0 Å². The van der Waals surface area contributed by atoms with Crippen LogP contribution in [0, 0.1) is 5.41 Å². The molecule has 0 aliphatic heterocycles. The summed E-state index contributed by atoms with van der Waals surface area (Å²) in [5, 5.41) is 3.24. The summed E-state index contributed by atoms with van der Waals surface area (Å²) in [4.78, 5) is 18.1. The summed E-state index contributed by atoms with van der Waals surface area (Å²) < 4.78 is 0. The van der Waals surface area contributed by atoms with E-state index < -0.39 is 0 Å². The van der Waals surface area contributed by atoms with E-state index in [-0.39, 0.29) is 11.3 Å². The number of anilines is 1. The second-order valence-electron chi connectivity index (χ2n) is 6.08. The zero-order valence-electron chi connectivity index (χ0n) is 12.7. The zero-order valence-corrected chi connectivity index (χ0v) is 12.7. The molecule has 4 heteroatoms. The molecule has 106 valence electrons. The molecule has 1 aromatic rings. The van der Waals surface area contributed by atoms with E-state index in [9.17, 15) is 4.79 Å². The molecule has 0 bridgehead atoms. The number of hydrogen-bond acceptors (Lipinski definition) is 3. The molecule has 0 unspecified atom stereocenters. The summed E-state index contributed by atoms with van der Waals surface area (Å²) in [6, 6.07) is 3.68. The van der Waals surface area contributed by atoms with Crippen molar-refractivity contribution in [3.8, 4) is 0 Å². The zero-order chi connectivity index (χ0) is 14.5. The van der Waals surface area contributed by atoms with Crippen LogP contribution in [-0.4, -0.2) is 35.9 Å². The second kappa shape index (κ2) is 6.55. The van der Waals surface area contributed by atoms with E-state index in [1.165, 1.54) is 0 Å². The van der Waals surface area contributed by atoms with Crippen LogP contribution in [-0.2, 0) is 0 Å². The molecule has 1 amide bonds. The minimum absolute atomic E-state index is 0.0306. The Labute approximate surface area is 116 Å². The van der Waals surface area contributed by atoms with Gasteiger partial charge in [0, 0.05) is 20.1 Å². The van der Waals surface area contributed by atoms with E-state index in [0.29, 0.717) is 12.2 Å². The number of amides is 1. The molecular formula is C15H25N3O. The molecule has 1 aromatic heterocycles. The Kier molecular flexibility index (Phi) is 5.33. The van der Waals surface area contributed by atoms with Crippen LogP contribution in [0.5, 0.6) is 0 Å². The molecule has 1 N–H and O–H groups in total. The van der Waals surface area contributed by atoms with Gasteiger partial charge >= 0.3 is 0 Å².